The Morgan fingerprint density at radius 2 is 2.18 bits per heavy atom. The zero-order valence-corrected chi connectivity index (χ0v) is 13.3. The Labute approximate surface area is 130 Å². The minimum Gasteiger partial charge on any atom is -0.506 e. The lowest BCUT2D eigenvalue weighted by molar-refractivity contribution is 0.0635. The number of nitrogens with one attached hydrogen (secondary N) is 2. The third-order valence-corrected chi connectivity index (χ3v) is 3.16. The number of carbonyl (C=O) groups excluding carboxylic acids is 1. The molecule has 1 amide bonds. The van der Waals surface area contributed by atoms with E-state index in [0.717, 1.165) is 25.9 Å². The molecule has 1 saturated heterocycles. The van der Waals surface area contributed by atoms with Gasteiger partial charge in [-0.25, -0.2) is 4.79 Å². The molecule has 0 aromatic heterocycles. The van der Waals surface area contributed by atoms with Crippen molar-refractivity contribution in [2.24, 2.45) is 0 Å². The van der Waals surface area contributed by atoms with Crippen LogP contribution in [0.5, 0.6) is 11.5 Å². The van der Waals surface area contributed by atoms with Gasteiger partial charge in [-0.3, -0.25) is 5.32 Å². The number of anilines is 1. The van der Waals surface area contributed by atoms with E-state index in [4.69, 9.17) is 9.47 Å². The Hall–Kier alpha value is -1.95. The van der Waals surface area contributed by atoms with Gasteiger partial charge >= 0.3 is 6.09 Å². The highest BCUT2D eigenvalue weighted by Gasteiger charge is 2.18. The van der Waals surface area contributed by atoms with Crippen LogP contribution in [0.1, 0.15) is 33.6 Å². The van der Waals surface area contributed by atoms with Crippen molar-refractivity contribution < 1.29 is 19.4 Å². The summed E-state index contributed by atoms with van der Waals surface area (Å²) in [5.41, 5.74) is -0.322. The van der Waals surface area contributed by atoms with Gasteiger partial charge in [0.1, 0.15) is 23.2 Å². The normalized spacial score (nSPS) is 18.6. The van der Waals surface area contributed by atoms with E-state index < -0.39 is 11.7 Å². The number of aromatic hydroxyl groups is 1. The Bertz CT molecular complexity index is 519. The molecule has 3 N–H and O–H groups in total. The lowest BCUT2D eigenvalue weighted by Gasteiger charge is -2.24. The van der Waals surface area contributed by atoms with Crippen LogP contribution >= 0.6 is 0 Å². The van der Waals surface area contributed by atoms with Gasteiger partial charge in [-0.2, -0.15) is 0 Å². The van der Waals surface area contributed by atoms with Crippen LogP contribution < -0.4 is 15.4 Å². The first-order chi connectivity index (χ1) is 10.3. The van der Waals surface area contributed by atoms with Crippen LogP contribution in [0, 0.1) is 0 Å². The summed E-state index contributed by atoms with van der Waals surface area (Å²) in [5.74, 6) is 0.581. The first-order valence-electron chi connectivity index (χ1n) is 7.54. The average molecular weight is 308 g/mol. The lowest BCUT2D eigenvalue weighted by Crippen LogP contribution is -2.37. The highest BCUT2D eigenvalue weighted by atomic mass is 16.6. The molecule has 0 radical (unpaired) electrons. The second kappa shape index (κ2) is 6.87. The number of carbonyl (C=O) groups is 1. The maximum absolute atomic E-state index is 11.8. The zero-order valence-electron chi connectivity index (χ0n) is 13.3. The highest BCUT2D eigenvalue weighted by molar-refractivity contribution is 5.87. The number of piperidine rings is 1. The molecule has 122 valence electrons. The predicted molar refractivity (Wildman–Crippen MR) is 84.5 cm³/mol. The molecule has 1 fully saturated rings. The molecule has 1 aromatic rings. The van der Waals surface area contributed by atoms with Gasteiger partial charge in [0.2, 0.25) is 0 Å². The van der Waals surface area contributed by atoms with Crippen LogP contribution in [0.15, 0.2) is 18.2 Å². The summed E-state index contributed by atoms with van der Waals surface area (Å²) in [6, 6.07) is 4.79. The Morgan fingerprint density at radius 1 is 1.41 bits per heavy atom. The SMILES string of the molecule is CC(C)(C)OC(=O)Nc1cc(OC2CCCNC2)ccc1O. The molecule has 6 nitrogen and oxygen atoms in total. The molecule has 1 unspecified atom stereocenters. The van der Waals surface area contributed by atoms with E-state index >= 15 is 0 Å². The van der Waals surface area contributed by atoms with Crippen molar-refractivity contribution in [3.63, 3.8) is 0 Å². The van der Waals surface area contributed by atoms with Gasteiger partial charge in [0.15, 0.2) is 0 Å². The molecule has 1 aromatic carbocycles. The minimum absolute atomic E-state index is 0.0278. The van der Waals surface area contributed by atoms with Crippen molar-refractivity contribution in [1.29, 1.82) is 0 Å². The van der Waals surface area contributed by atoms with Gasteiger partial charge in [0.25, 0.3) is 0 Å². The number of rotatable bonds is 3. The predicted octanol–water partition coefficient (Wildman–Crippen LogP) is 2.87. The van der Waals surface area contributed by atoms with Crippen LogP contribution in [0.2, 0.25) is 0 Å². The average Bonchev–Trinajstić information content (AvgIpc) is 2.41. The number of phenolic OH excluding ortho intramolecular Hbond substituents is 1. The van der Waals surface area contributed by atoms with Crippen LogP contribution in [0.4, 0.5) is 10.5 Å². The van der Waals surface area contributed by atoms with E-state index in [1.807, 2.05) is 0 Å². The molecular weight excluding hydrogens is 284 g/mol. The second-order valence-corrected chi connectivity index (χ2v) is 6.39. The molecule has 0 aliphatic carbocycles. The van der Waals surface area contributed by atoms with Gasteiger partial charge < -0.3 is 19.9 Å². The summed E-state index contributed by atoms with van der Waals surface area (Å²) in [4.78, 5) is 11.8. The van der Waals surface area contributed by atoms with Crippen molar-refractivity contribution in [2.75, 3.05) is 18.4 Å². The molecule has 1 atom stereocenters. The largest absolute Gasteiger partial charge is 0.506 e. The lowest BCUT2D eigenvalue weighted by atomic mass is 10.1. The Morgan fingerprint density at radius 3 is 2.82 bits per heavy atom. The maximum Gasteiger partial charge on any atom is 0.412 e. The van der Waals surface area contributed by atoms with Crippen molar-refractivity contribution in [1.82, 2.24) is 5.32 Å². The molecule has 1 aliphatic rings. The first kappa shape index (κ1) is 16.4. The Balaban J connectivity index is 2.01. The molecule has 0 spiro atoms. The van der Waals surface area contributed by atoms with Crippen LogP contribution in [0.25, 0.3) is 0 Å². The van der Waals surface area contributed by atoms with E-state index in [1.54, 1.807) is 32.9 Å². The molecule has 1 aliphatic heterocycles. The van der Waals surface area contributed by atoms with Gasteiger partial charge in [-0.1, -0.05) is 0 Å². The van der Waals surface area contributed by atoms with Crippen molar-refractivity contribution in [3.8, 4) is 11.5 Å². The van der Waals surface area contributed by atoms with E-state index in [-0.39, 0.29) is 17.5 Å². The van der Waals surface area contributed by atoms with Crippen LogP contribution in [0.3, 0.4) is 0 Å². The van der Waals surface area contributed by atoms with Crippen LogP contribution in [-0.4, -0.2) is 36.0 Å². The van der Waals surface area contributed by atoms with Crippen LogP contribution in [-0.2, 0) is 4.74 Å². The smallest absolute Gasteiger partial charge is 0.412 e. The fourth-order valence-electron chi connectivity index (χ4n) is 2.22. The summed E-state index contributed by atoms with van der Waals surface area (Å²) in [5, 5.41) is 15.7. The first-order valence-corrected chi connectivity index (χ1v) is 7.54. The number of hydrogen-bond acceptors (Lipinski definition) is 5. The molecule has 6 heteroatoms. The zero-order chi connectivity index (χ0) is 16.2. The van der Waals surface area contributed by atoms with Crippen molar-refractivity contribution in [2.45, 2.75) is 45.3 Å². The van der Waals surface area contributed by atoms with E-state index in [9.17, 15) is 9.90 Å². The van der Waals surface area contributed by atoms with E-state index in [1.165, 1.54) is 6.07 Å². The number of benzene rings is 1. The van der Waals surface area contributed by atoms with Gasteiger partial charge in [-0.05, 0) is 52.3 Å². The molecule has 2 rings (SSSR count). The molecule has 0 bridgehead atoms. The summed E-state index contributed by atoms with van der Waals surface area (Å²) in [6.07, 6.45) is 1.56. The molecule has 1 heterocycles. The number of ether oxygens (including phenoxy) is 2. The summed E-state index contributed by atoms with van der Waals surface area (Å²) < 4.78 is 11.0. The summed E-state index contributed by atoms with van der Waals surface area (Å²) in [7, 11) is 0. The maximum atomic E-state index is 11.8. The number of phenols is 1. The minimum atomic E-state index is -0.612. The standard InChI is InChI=1S/C16H24N2O4/c1-16(2,3)22-15(20)18-13-9-11(6-7-14(13)19)21-12-5-4-8-17-10-12/h6-7,9,12,17,19H,4-5,8,10H2,1-3H3,(H,18,20). The number of amides is 1. The fourth-order valence-corrected chi connectivity index (χ4v) is 2.22. The van der Waals surface area contributed by atoms with E-state index in [2.05, 4.69) is 10.6 Å². The van der Waals surface area contributed by atoms with E-state index in [0.29, 0.717) is 5.75 Å². The van der Waals surface area contributed by atoms with Crippen molar-refractivity contribution >= 4 is 11.8 Å². The monoisotopic (exact) mass is 308 g/mol. The Kier molecular flexibility index (Phi) is 5.13. The third-order valence-electron chi connectivity index (χ3n) is 3.16. The van der Waals surface area contributed by atoms with Crippen molar-refractivity contribution in [3.05, 3.63) is 18.2 Å². The second-order valence-electron chi connectivity index (χ2n) is 6.39. The quantitative estimate of drug-likeness (QED) is 0.748. The molecule has 22 heavy (non-hydrogen) atoms. The fraction of sp³-hybridized carbons (Fsp3) is 0.562. The molecular formula is C16H24N2O4. The summed E-state index contributed by atoms with van der Waals surface area (Å²) in [6.45, 7) is 7.16. The van der Waals surface area contributed by atoms with Gasteiger partial charge in [-0.15, -0.1) is 0 Å². The van der Waals surface area contributed by atoms with Gasteiger partial charge in [0.05, 0.1) is 5.69 Å². The third kappa shape index (κ3) is 5.11. The summed E-state index contributed by atoms with van der Waals surface area (Å²) >= 11 is 0. The topological polar surface area (TPSA) is 79.8 Å². The highest BCUT2D eigenvalue weighted by Crippen LogP contribution is 2.29. The molecule has 0 saturated carbocycles. The number of hydrogen-bond donors (Lipinski definition) is 3. The van der Waals surface area contributed by atoms with Gasteiger partial charge in [0, 0.05) is 12.6 Å².